The molecule has 1 atom stereocenters. The highest BCUT2D eigenvalue weighted by atomic mass is 16.5. The summed E-state index contributed by atoms with van der Waals surface area (Å²) in [6.07, 6.45) is 2.65. The number of rotatable bonds is 4. The van der Waals surface area contributed by atoms with Crippen LogP contribution < -0.4 is 5.73 Å². The van der Waals surface area contributed by atoms with Crippen LogP contribution in [0.2, 0.25) is 0 Å². The second-order valence-electron chi connectivity index (χ2n) is 7.44. The Bertz CT molecular complexity index is 842. The Balaban J connectivity index is 1.41. The second-order valence-corrected chi connectivity index (χ2v) is 7.44. The summed E-state index contributed by atoms with van der Waals surface area (Å²) in [6.45, 7) is 2.14. The van der Waals surface area contributed by atoms with Gasteiger partial charge in [0.05, 0.1) is 12.5 Å². The standard InChI is InChI=1S/C19H23N5O3/c1-23-18(26)14(13-5-3-2-4-6-13)11-19(23)7-9-24(10-8-19)12-15-21-17(16(20)25)22-27-15/h2-6,14H,7-12H2,1H3,(H2,20,25)/t14-/m1/s1. The zero-order valence-electron chi connectivity index (χ0n) is 15.3. The van der Waals surface area contributed by atoms with Crippen LogP contribution in [0.25, 0.3) is 0 Å². The molecular formula is C19H23N5O3. The van der Waals surface area contributed by atoms with E-state index in [0.29, 0.717) is 12.4 Å². The van der Waals surface area contributed by atoms with Crippen molar-refractivity contribution in [3.63, 3.8) is 0 Å². The molecule has 2 N–H and O–H groups in total. The van der Waals surface area contributed by atoms with Crippen molar-refractivity contribution in [3.8, 4) is 0 Å². The number of likely N-dealkylation sites (N-methyl/N-ethyl adjacent to an activating group) is 1. The summed E-state index contributed by atoms with van der Waals surface area (Å²) in [4.78, 5) is 32.1. The number of likely N-dealkylation sites (tertiary alicyclic amines) is 2. The lowest BCUT2D eigenvalue weighted by Crippen LogP contribution is -2.51. The zero-order valence-corrected chi connectivity index (χ0v) is 15.3. The van der Waals surface area contributed by atoms with Gasteiger partial charge in [0, 0.05) is 25.7 Å². The molecule has 1 aromatic heterocycles. The molecule has 0 unspecified atom stereocenters. The van der Waals surface area contributed by atoms with Crippen LogP contribution in [0.4, 0.5) is 0 Å². The van der Waals surface area contributed by atoms with Crippen LogP contribution in [0.5, 0.6) is 0 Å². The number of hydrogen-bond acceptors (Lipinski definition) is 6. The lowest BCUT2D eigenvalue weighted by Gasteiger charge is -2.43. The van der Waals surface area contributed by atoms with Gasteiger partial charge < -0.3 is 15.2 Å². The van der Waals surface area contributed by atoms with E-state index in [4.69, 9.17) is 10.3 Å². The van der Waals surface area contributed by atoms with E-state index in [1.165, 1.54) is 0 Å². The number of amides is 2. The van der Waals surface area contributed by atoms with Crippen LogP contribution >= 0.6 is 0 Å². The maximum Gasteiger partial charge on any atom is 0.290 e. The molecule has 3 heterocycles. The predicted octanol–water partition coefficient (Wildman–Crippen LogP) is 1.15. The second kappa shape index (κ2) is 6.77. The van der Waals surface area contributed by atoms with Gasteiger partial charge in [-0.25, -0.2) is 0 Å². The third-order valence-corrected chi connectivity index (χ3v) is 5.96. The fraction of sp³-hybridized carbons (Fsp3) is 0.474. The van der Waals surface area contributed by atoms with Crippen molar-refractivity contribution in [2.45, 2.75) is 37.3 Å². The molecule has 0 saturated carbocycles. The van der Waals surface area contributed by atoms with Crippen LogP contribution in [-0.4, -0.2) is 57.4 Å². The molecule has 8 nitrogen and oxygen atoms in total. The number of piperidine rings is 1. The smallest absolute Gasteiger partial charge is 0.290 e. The van der Waals surface area contributed by atoms with E-state index in [2.05, 4.69) is 15.0 Å². The Labute approximate surface area is 157 Å². The summed E-state index contributed by atoms with van der Waals surface area (Å²) in [5.74, 6) is -0.252. The zero-order chi connectivity index (χ0) is 19.0. The van der Waals surface area contributed by atoms with Gasteiger partial charge in [-0.05, 0) is 24.8 Å². The van der Waals surface area contributed by atoms with Crippen molar-refractivity contribution in [2.24, 2.45) is 5.73 Å². The molecule has 27 heavy (non-hydrogen) atoms. The van der Waals surface area contributed by atoms with E-state index >= 15 is 0 Å². The van der Waals surface area contributed by atoms with E-state index in [9.17, 15) is 9.59 Å². The first kappa shape index (κ1) is 17.7. The van der Waals surface area contributed by atoms with E-state index in [1.54, 1.807) is 0 Å². The number of carbonyl (C=O) groups is 2. The van der Waals surface area contributed by atoms with E-state index in [0.717, 1.165) is 37.9 Å². The molecule has 1 spiro atoms. The van der Waals surface area contributed by atoms with E-state index in [1.807, 2.05) is 42.3 Å². The topological polar surface area (TPSA) is 106 Å². The van der Waals surface area contributed by atoms with Crippen molar-refractivity contribution < 1.29 is 14.1 Å². The molecule has 4 rings (SSSR count). The minimum absolute atomic E-state index is 0.0585. The summed E-state index contributed by atoms with van der Waals surface area (Å²) < 4.78 is 5.09. The lowest BCUT2D eigenvalue weighted by molar-refractivity contribution is -0.131. The molecule has 0 aliphatic carbocycles. The van der Waals surface area contributed by atoms with Gasteiger partial charge in [0.1, 0.15) is 0 Å². The number of hydrogen-bond donors (Lipinski definition) is 1. The van der Waals surface area contributed by atoms with Crippen LogP contribution in [0.15, 0.2) is 34.9 Å². The molecule has 2 saturated heterocycles. The van der Waals surface area contributed by atoms with Crippen molar-refractivity contribution in [3.05, 3.63) is 47.6 Å². The molecule has 0 bridgehead atoms. The molecule has 0 radical (unpaired) electrons. The van der Waals surface area contributed by atoms with Crippen LogP contribution in [-0.2, 0) is 11.3 Å². The molecule has 2 aromatic rings. The molecule has 2 fully saturated rings. The van der Waals surface area contributed by atoms with Crippen LogP contribution in [0, 0.1) is 0 Å². The highest BCUT2D eigenvalue weighted by molar-refractivity contribution is 5.88. The summed E-state index contributed by atoms with van der Waals surface area (Å²) in [6, 6.07) is 10.0. The van der Waals surface area contributed by atoms with Crippen molar-refractivity contribution in [1.82, 2.24) is 19.9 Å². The molecule has 2 amide bonds. The average molecular weight is 369 g/mol. The first-order chi connectivity index (χ1) is 13.0. The number of carbonyl (C=O) groups excluding carboxylic acids is 2. The highest BCUT2D eigenvalue weighted by Gasteiger charge is 2.50. The Morgan fingerprint density at radius 1 is 1.30 bits per heavy atom. The van der Waals surface area contributed by atoms with Gasteiger partial charge in [-0.2, -0.15) is 4.98 Å². The molecule has 142 valence electrons. The Hall–Kier alpha value is -2.74. The number of primary amides is 1. The van der Waals surface area contributed by atoms with E-state index < -0.39 is 5.91 Å². The quantitative estimate of drug-likeness (QED) is 0.867. The minimum Gasteiger partial charge on any atom is -0.363 e. The fourth-order valence-corrected chi connectivity index (χ4v) is 4.29. The third kappa shape index (κ3) is 3.21. The van der Waals surface area contributed by atoms with E-state index in [-0.39, 0.29) is 23.2 Å². The summed E-state index contributed by atoms with van der Waals surface area (Å²) in [7, 11) is 1.93. The van der Waals surface area contributed by atoms with Gasteiger partial charge in [-0.3, -0.25) is 14.5 Å². The van der Waals surface area contributed by atoms with Crippen molar-refractivity contribution >= 4 is 11.8 Å². The summed E-state index contributed by atoms with van der Waals surface area (Å²) in [5, 5.41) is 3.58. The van der Waals surface area contributed by atoms with Gasteiger partial charge in [-0.1, -0.05) is 35.5 Å². The maximum absolute atomic E-state index is 12.9. The average Bonchev–Trinajstić information content (AvgIpc) is 3.24. The number of benzene rings is 1. The van der Waals surface area contributed by atoms with Crippen LogP contribution in [0.3, 0.4) is 0 Å². The minimum atomic E-state index is -0.694. The highest BCUT2D eigenvalue weighted by Crippen LogP contribution is 2.44. The monoisotopic (exact) mass is 369 g/mol. The third-order valence-electron chi connectivity index (χ3n) is 5.96. The first-order valence-electron chi connectivity index (χ1n) is 9.16. The van der Waals surface area contributed by atoms with Gasteiger partial charge in [0.25, 0.3) is 11.7 Å². The lowest BCUT2D eigenvalue weighted by atomic mass is 9.81. The molecule has 2 aliphatic rings. The Morgan fingerprint density at radius 3 is 2.63 bits per heavy atom. The van der Waals surface area contributed by atoms with Gasteiger partial charge >= 0.3 is 0 Å². The Kier molecular flexibility index (Phi) is 4.43. The number of aromatic nitrogens is 2. The molecule has 1 aromatic carbocycles. The predicted molar refractivity (Wildman–Crippen MR) is 96.6 cm³/mol. The van der Waals surface area contributed by atoms with Crippen LogP contribution in [0.1, 0.15) is 47.3 Å². The van der Waals surface area contributed by atoms with Gasteiger partial charge in [0.15, 0.2) is 0 Å². The molecule has 8 heteroatoms. The number of nitrogens with zero attached hydrogens (tertiary/aromatic N) is 4. The van der Waals surface area contributed by atoms with Gasteiger partial charge in [-0.15, -0.1) is 0 Å². The van der Waals surface area contributed by atoms with Crippen molar-refractivity contribution in [2.75, 3.05) is 20.1 Å². The van der Waals surface area contributed by atoms with Crippen molar-refractivity contribution in [1.29, 1.82) is 0 Å². The maximum atomic E-state index is 12.9. The normalized spacial score (nSPS) is 22.5. The largest absolute Gasteiger partial charge is 0.363 e. The fourth-order valence-electron chi connectivity index (χ4n) is 4.29. The number of nitrogens with two attached hydrogens (primary N) is 1. The molecule has 2 aliphatic heterocycles. The summed E-state index contributed by atoms with van der Waals surface area (Å²) in [5.41, 5.74) is 6.15. The SMILES string of the molecule is CN1C(=O)[C@@H](c2ccccc2)CC12CCN(Cc1nc(C(N)=O)no1)CC2. The Morgan fingerprint density at radius 2 is 2.00 bits per heavy atom. The van der Waals surface area contributed by atoms with Gasteiger partial charge in [0.2, 0.25) is 11.8 Å². The summed E-state index contributed by atoms with van der Waals surface area (Å²) >= 11 is 0. The molecular weight excluding hydrogens is 346 g/mol. The first-order valence-corrected chi connectivity index (χ1v) is 9.16.